The van der Waals surface area contributed by atoms with E-state index in [1.165, 1.54) is 18.2 Å². The zero-order valence-corrected chi connectivity index (χ0v) is 13.3. The second-order valence-electron chi connectivity index (χ2n) is 6.10. The lowest BCUT2D eigenvalue weighted by molar-refractivity contribution is 0.211. The smallest absolute Gasteiger partial charge is 0.321 e. The molecule has 1 atom stereocenters. The SMILES string of the molecule is O=C(Nc1ccccc1F)N1CCCCC(c2ccc(F)cc2)C1. The summed E-state index contributed by atoms with van der Waals surface area (Å²) in [4.78, 5) is 14.2. The fourth-order valence-electron chi connectivity index (χ4n) is 3.09. The monoisotopic (exact) mass is 330 g/mol. The van der Waals surface area contributed by atoms with Gasteiger partial charge in [-0.2, -0.15) is 0 Å². The summed E-state index contributed by atoms with van der Waals surface area (Å²) in [6.07, 6.45) is 2.86. The highest BCUT2D eigenvalue weighted by Crippen LogP contribution is 2.27. The Morgan fingerprint density at radius 3 is 2.54 bits per heavy atom. The first-order valence-corrected chi connectivity index (χ1v) is 8.19. The summed E-state index contributed by atoms with van der Waals surface area (Å²) in [7, 11) is 0. The van der Waals surface area contributed by atoms with Gasteiger partial charge < -0.3 is 10.2 Å². The number of halogens is 2. The summed E-state index contributed by atoms with van der Waals surface area (Å²) in [5.74, 6) is -0.545. The van der Waals surface area contributed by atoms with Crippen molar-refractivity contribution in [3.05, 3.63) is 65.7 Å². The van der Waals surface area contributed by atoms with Crippen molar-refractivity contribution in [3.63, 3.8) is 0 Å². The number of nitrogens with zero attached hydrogens (tertiary/aromatic N) is 1. The Morgan fingerprint density at radius 1 is 1.04 bits per heavy atom. The largest absolute Gasteiger partial charge is 0.324 e. The zero-order valence-electron chi connectivity index (χ0n) is 13.3. The molecule has 126 valence electrons. The van der Waals surface area contributed by atoms with Gasteiger partial charge in [-0.05, 0) is 42.7 Å². The zero-order chi connectivity index (χ0) is 16.9. The number of hydrogen-bond acceptors (Lipinski definition) is 1. The molecule has 1 unspecified atom stereocenters. The maximum absolute atomic E-state index is 13.7. The van der Waals surface area contributed by atoms with Crippen molar-refractivity contribution in [3.8, 4) is 0 Å². The number of carbonyl (C=O) groups is 1. The molecule has 0 saturated carbocycles. The normalized spacial score (nSPS) is 18.1. The summed E-state index contributed by atoms with van der Waals surface area (Å²) in [5.41, 5.74) is 1.21. The van der Waals surface area contributed by atoms with Crippen LogP contribution in [-0.4, -0.2) is 24.0 Å². The third kappa shape index (κ3) is 3.91. The fraction of sp³-hybridized carbons (Fsp3) is 0.316. The lowest BCUT2D eigenvalue weighted by Crippen LogP contribution is -2.37. The molecule has 3 nitrogen and oxygen atoms in total. The van der Waals surface area contributed by atoms with Crippen molar-refractivity contribution in [2.24, 2.45) is 0 Å². The van der Waals surface area contributed by atoms with E-state index in [1.807, 2.05) is 0 Å². The Morgan fingerprint density at radius 2 is 1.79 bits per heavy atom. The maximum Gasteiger partial charge on any atom is 0.321 e. The van der Waals surface area contributed by atoms with E-state index in [-0.39, 0.29) is 23.5 Å². The number of nitrogens with one attached hydrogen (secondary N) is 1. The molecule has 2 aromatic rings. The molecule has 2 aromatic carbocycles. The molecular formula is C19H20F2N2O. The highest BCUT2D eigenvalue weighted by molar-refractivity contribution is 5.89. The second-order valence-corrected chi connectivity index (χ2v) is 6.10. The highest BCUT2D eigenvalue weighted by Gasteiger charge is 2.23. The topological polar surface area (TPSA) is 32.3 Å². The van der Waals surface area contributed by atoms with Crippen molar-refractivity contribution < 1.29 is 13.6 Å². The van der Waals surface area contributed by atoms with Gasteiger partial charge in [-0.3, -0.25) is 0 Å². The van der Waals surface area contributed by atoms with E-state index in [0.29, 0.717) is 13.1 Å². The van der Waals surface area contributed by atoms with E-state index in [9.17, 15) is 13.6 Å². The molecule has 0 bridgehead atoms. The Bertz CT molecular complexity index is 703. The predicted molar refractivity (Wildman–Crippen MR) is 90.0 cm³/mol. The van der Waals surface area contributed by atoms with Crippen molar-refractivity contribution in [2.45, 2.75) is 25.2 Å². The Kier molecular flexibility index (Phi) is 5.08. The number of amides is 2. The van der Waals surface area contributed by atoms with Gasteiger partial charge >= 0.3 is 6.03 Å². The van der Waals surface area contributed by atoms with Gasteiger partial charge in [0, 0.05) is 19.0 Å². The molecule has 1 heterocycles. The number of benzene rings is 2. The van der Waals surface area contributed by atoms with Crippen molar-refractivity contribution in [1.82, 2.24) is 4.90 Å². The summed E-state index contributed by atoms with van der Waals surface area (Å²) in [6.45, 7) is 1.18. The van der Waals surface area contributed by atoms with Gasteiger partial charge in [0.2, 0.25) is 0 Å². The van der Waals surface area contributed by atoms with Crippen LogP contribution in [0.5, 0.6) is 0 Å². The van der Waals surface area contributed by atoms with E-state index in [4.69, 9.17) is 0 Å². The van der Waals surface area contributed by atoms with Crippen LogP contribution in [0.2, 0.25) is 0 Å². The highest BCUT2D eigenvalue weighted by atomic mass is 19.1. The number of likely N-dealkylation sites (tertiary alicyclic amines) is 1. The van der Waals surface area contributed by atoms with E-state index in [1.54, 1.807) is 35.2 Å². The molecule has 1 aliphatic rings. The van der Waals surface area contributed by atoms with E-state index >= 15 is 0 Å². The third-order valence-corrected chi connectivity index (χ3v) is 4.42. The lowest BCUT2D eigenvalue weighted by Gasteiger charge is -2.25. The summed E-state index contributed by atoms with van der Waals surface area (Å²) in [6, 6.07) is 12.3. The van der Waals surface area contributed by atoms with Gasteiger partial charge in [0.05, 0.1) is 5.69 Å². The Balaban J connectivity index is 1.71. The quantitative estimate of drug-likeness (QED) is 0.845. The van der Waals surface area contributed by atoms with Gasteiger partial charge in [-0.1, -0.05) is 30.7 Å². The van der Waals surface area contributed by atoms with Gasteiger partial charge in [0.25, 0.3) is 0 Å². The van der Waals surface area contributed by atoms with Crippen LogP contribution < -0.4 is 5.32 Å². The molecule has 3 rings (SSSR count). The summed E-state index contributed by atoms with van der Waals surface area (Å²) in [5, 5.41) is 2.64. The van der Waals surface area contributed by atoms with Crippen LogP contribution in [0.4, 0.5) is 19.3 Å². The molecule has 24 heavy (non-hydrogen) atoms. The minimum absolute atomic E-state index is 0.166. The fourth-order valence-corrected chi connectivity index (χ4v) is 3.09. The summed E-state index contributed by atoms with van der Waals surface area (Å²) < 4.78 is 26.8. The van der Waals surface area contributed by atoms with Gasteiger partial charge in [-0.15, -0.1) is 0 Å². The van der Waals surface area contributed by atoms with Crippen LogP contribution in [0, 0.1) is 11.6 Å². The number of rotatable bonds is 2. The molecular weight excluding hydrogens is 310 g/mol. The molecule has 2 amide bonds. The minimum Gasteiger partial charge on any atom is -0.324 e. The Labute approximate surface area is 140 Å². The number of hydrogen-bond donors (Lipinski definition) is 1. The first-order valence-electron chi connectivity index (χ1n) is 8.19. The first-order chi connectivity index (χ1) is 11.6. The minimum atomic E-state index is -0.448. The van der Waals surface area contributed by atoms with Crippen LogP contribution >= 0.6 is 0 Å². The van der Waals surface area contributed by atoms with E-state index < -0.39 is 5.82 Å². The molecule has 1 aliphatic heterocycles. The van der Waals surface area contributed by atoms with Crippen molar-refractivity contribution >= 4 is 11.7 Å². The van der Waals surface area contributed by atoms with E-state index in [2.05, 4.69) is 5.32 Å². The van der Waals surface area contributed by atoms with Crippen LogP contribution in [0.25, 0.3) is 0 Å². The van der Waals surface area contributed by atoms with Gasteiger partial charge in [0.15, 0.2) is 0 Å². The molecule has 0 radical (unpaired) electrons. The van der Waals surface area contributed by atoms with Gasteiger partial charge in [-0.25, -0.2) is 13.6 Å². The molecule has 1 N–H and O–H groups in total. The van der Waals surface area contributed by atoms with E-state index in [0.717, 1.165) is 24.8 Å². The molecule has 0 aromatic heterocycles. The second kappa shape index (κ2) is 7.43. The van der Waals surface area contributed by atoms with Crippen LogP contribution in [0.15, 0.2) is 48.5 Å². The maximum atomic E-state index is 13.7. The van der Waals surface area contributed by atoms with Crippen molar-refractivity contribution in [1.29, 1.82) is 0 Å². The number of urea groups is 1. The van der Waals surface area contributed by atoms with Crippen LogP contribution in [-0.2, 0) is 0 Å². The van der Waals surface area contributed by atoms with Gasteiger partial charge in [0.1, 0.15) is 11.6 Å². The van der Waals surface area contributed by atoms with Crippen LogP contribution in [0.1, 0.15) is 30.7 Å². The number of anilines is 1. The average molecular weight is 330 g/mol. The third-order valence-electron chi connectivity index (χ3n) is 4.42. The lowest BCUT2D eigenvalue weighted by atomic mass is 9.94. The molecule has 1 fully saturated rings. The predicted octanol–water partition coefficient (Wildman–Crippen LogP) is 4.77. The Hall–Kier alpha value is -2.43. The van der Waals surface area contributed by atoms with Crippen molar-refractivity contribution in [2.75, 3.05) is 18.4 Å². The standard InChI is InChI=1S/C19H20F2N2O/c20-16-10-8-14(9-11-16)15-5-3-4-12-23(13-15)19(24)22-18-7-2-1-6-17(18)21/h1-2,6-11,15H,3-5,12-13H2,(H,22,24). The summed E-state index contributed by atoms with van der Waals surface area (Å²) >= 11 is 0. The first kappa shape index (κ1) is 16.4. The number of para-hydroxylation sites is 1. The molecule has 0 spiro atoms. The number of carbonyl (C=O) groups excluding carboxylic acids is 1. The molecule has 1 saturated heterocycles. The average Bonchev–Trinajstić information content (AvgIpc) is 2.84. The molecule has 5 heteroatoms. The molecule has 0 aliphatic carbocycles. The van der Waals surface area contributed by atoms with Crippen LogP contribution in [0.3, 0.4) is 0 Å².